The molecule has 11 heavy (non-hydrogen) atoms. The van der Waals surface area contributed by atoms with Crippen LogP contribution in [0.3, 0.4) is 0 Å². The summed E-state index contributed by atoms with van der Waals surface area (Å²) in [5.74, 6) is 0.183. The zero-order valence-corrected chi connectivity index (χ0v) is 7.46. The Morgan fingerprint density at radius 2 is 2.09 bits per heavy atom. The Balaban J connectivity index is 3.73. The molecule has 0 radical (unpaired) electrons. The van der Waals surface area contributed by atoms with Crippen molar-refractivity contribution in [2.24, 2.45) is 11.8 Å². The molecule has 0 aromatic heterocycles. The first-order valence-corrected chi connectivity index (χ1v) is 3.87. The largest absolute Gasteiger partial charge is 0.461 e. The van der Waals surface area contributed by atoms with Gasteiger partial charge in [0, 0.05) is 0 Å². The van der Waals surface area contributed by atoms with Gasteiger partial charge < -0.3 is 4.74 Å². The average molecular weight is 156 g/mol. The van der Waals surface area contributed by atoms with E-state index in [4.69, 9.17) is 4.74 Å². The first kappa shape index (κ1) is 10.2. The van der Waals surface area contributed by atoms with E-state index in [2.05, 4.69) is 6.58 Å². The second-order valence-corrected chi connectivity index (χ2v) is 2.95. The van der Waals surface area contributed by atoms with Crippen molar-refractivity contribution >= 4 is 5.97 Å². The Labute approximate surface area is 68.2 Å². The fraction of sp³-hybridized carbons (Fsp3) is 0.667. The van der Waals surface area contributed by atoms with E-state index in [0.717, 1.165) is 0 Å². The maximum atomic E-state index is 11.1. The van der Waals surface area contributed by atoms with E-state index in [9.17, 15) is 4.79 Å². The monoisotopic (exact) mass is 156 g/mol. The fourth-order valence-electron chi connectivity index (χ4n) is 0.545. The van der Waals surface area contributed by atoms with Crippen LogP contribution in [0, 0.1) is 11.8 Å². The number of ether oxygens (including phenoxy) is 1. The van der Waals surface area contributed by atoms with Crippen LogP contribution < -0.4 is 0 Å². The minimum atomic E-state index is -0.139. The van der Waals surface area contributed by atoms with Gasteiger partial charge >= 0.3 is 5.97 Å². The highest BCUT2D eigenvalue weighted by atomic mass is 16.5. The van der Waals surface area contributed by atoms with Gasteiger partial charge in [0.1, 0.15) is 6.61 Å². The Morgan fingerprint density at radius 3 is 2.45 bits per heavy atom. The first-order valence-electron chi connectivity index (χ1n) is 3.87. The van der Waals surface area contributed by atoms with E-state index in [1.165, 1.54) is 0 Å². The summed E-state index contributed by atoms with van der Waals surface area (Å²) in [6.45, 7) is 9.65. The van der Waals surface area contributed by atoms with Gasteiger partial charge in [-0.15, -0.1) is 0 Å². The molecule has 0 aliphatic rings. The fourth-order valence-corrected chi connectivity index (χ4v) is 0.545. The molecule has 0 N–H and O–H groups in total. The van der Waals surface area contributed by atoms with Crippen molar-refractivity contribution in [2.45, 2.75) is 20.8 Å². The molecule has 0 heterocycles. The van der Waals surface area contributed by atoms with Crippen molar-refractivity contribution in [3.8, 4) is 0 Å². The summed E-state index contributed by atoms with van der Waals surface area (Å²) in [4.78, 5) is 11.1. The van der Waals surface area contributed by atoms with Crippen LogP contribution in [-0.2, 0) is 9.53 Å². The van der Waals surface area contributed by atoms with E-state index >= 15 is 0 Å². The van der Waals surface area contributed by atoms with E-state index in [-0.39, 0.29) is 11.9 Å². The van der Waals surface area contributed by atoms with Crippen molar-refractivity contribution in [1.29, 1.82) is 0 Å². The summed E-state index contributed by atoms with van der Waals surface area (Å²) in [6, 6.07) is 0. The van der Waals surface area contributed by atoms with Gasteiger partial charge in [-0.1, -0.05) is 33.4 Å². The molecular formula is C9H16O2. The summed E-state index contributed by atoms with van der Waals surface area (Å²) in [5, 5.41) is 0. The SMILES string of the molecule is C=CCOC(=O)[C@@H](C)C(C)C. The molecule has 64 valence electrons. The Morgan fingerprint density at radius 1 is 1.55 bits per heavy atom. The van der Waals surface area contributed by atoms with Crippen molar-refractivity contribution in [1.82, 2.24) is 0 Å². The smallest absolute Gasteiger partial charge is 0.309 e. The van der Waals surface area contributed by atoms with Crippen LogP contribution in [-0.4, -0.2) is 12.6 Å². The second kappa shape index (κ2) is 4.94. The van der Waals surface area contributed by atoms with Gasteiger partial charge in [0.15, 0.2) is 0 Å². The average Bonchev–Trinajstić information content (AvgIpc) is 1.98. The predicted molar refractivity (Wildman–Crippen MR) is 45.2 cm³/mol. The lowest BCUT2D eigenvalue weighted by atomic mass is 9.99. The number of carbonyl (C=O) groups is 1. The van der Waals surface area contributed by atoms with Gasteiger partial charge in [-0.25, -0.2) is 0 Å². The molecule has 2 heteroatoms. The molecule has 0 saturated heterocycles. The Kier molecular flexibility index (Phi) is 4.59. The molecule has 0 bridgehead atoms. The highest BCUT2D eigenvalue weighted by Gasteiger charge is 2.16. The molecule has 0 aromatic carbocycles. The highest BCUT2D eigenvalue weighted by molar-refractivity contribution is 5.72. The van der Waals surface area contributed by atoms with Crippen LogP contribution in [0.5, 0.6) is 0 Å². The lowest BCUT2D eigenvalue weighted by Gasteiger charge is -2.12. The standard InChI is InChI=1S/C9H16O2/c1-5-6-11-9(10)8(4)7(2)3/h5,7-8H,1,6H2,2-4H3/t8-/m0/s1. The number of hydrogen-bond donors (Lipinski definition) is 0. The van der Waals surface area contributed by atoms with Gasteiger partial charge in [0.25, 0.3) is 0 Å². The maximum Gasteiger partial charge on any atom is 0.309 e. The molecule has 0 rings (SSSR count). The van der Waals surface area contributed by atoms with Crippen LogP contribution >= 0.6 is 0 Å². The zero-order chi connectivity index (χ0) is 8.85. The molecule has 0 aliphatic heterocycles. The number of esters is 1. The first-order chi connectivity index (χ1) is 5.09. The molecule has 0 aromatic rings. The van der Waals surface area contributed by atoms with Crippen molar-refractivity contribution in [3.63, 3.8) is 0 Å². The molecular weight excluding hydrogens is 140 g/mol. The van der Waals surface area contributed by atoms with Crippen LogP contribution in [0.1, 0.15) is 20.8 Å². The lowest BCUT2D eigenvalue weighted by Crippen LogP contribution is -2.19. The third-order valence-corrected chi connectivity index (χ3v) is 1.72. The Bertz CT molecular complexity index is 138. The number of hydrogen-bond acceptors (Lipinski definition) is 2. The number of rotatable bonds is 4. The van der Waals surface area contributed by atoms with E-state index in [1.54, 1.807) is 6.08 Å². The Hall–Kier alpha value is -0.790. The normalized spacial score (nSPS) is 12.7. The van der Waals surface area contributed by atoms with Crippen LogP contribution in [0.4, 0.5) is 0 Å². The summed E-state index contributed by atoms with van der Waals surface area (Å²) in [5.41, 5.74) is 0. The molecule has 0 saturated carbocycles. The zero-order valence-electron chi connectivity index (χ0n) is 7.46. The van der Waals surface area contributed by atoms with Crippen molar-refractivity contribution in [2.75, 3.05) is 6.61 Å². The topological polar surface area (TPSA) is 26.3 Å². The number of carbonyl (C=O) groups excluding carboxylic acids is 1. The third kappa shape index (κ3) is 3.81. The van der Waals surface area contributed by atoms with Crippen molar-refractivity contribution in [3.05, 3.63) is 12.7 Å². The van der Waals surface area contributed by atoms with Gasteiger partial charge in [-0.2, -0.15) is 0 Å². The van der Waals surface area contributed by atoms with Crippen LogP contribution in [0.25, 0.3) is 0 Å². The molecule has 0 amide bonds. The van der Waals surface area contributed by atoms with Gasteiger partial charge in [-0.05, 0) is 5.92 Å². The quantitative estimate of drug-likeness (QED) is 0.459. The van der Waals surface area contributed by atoms with E-state index in [1.807, 2.05) is 20.8 Å². The molecule has 0 spiro atoms. The van der Waals surface area contributed by atoms with E-state index in [0.29, 0.717) is 12.5 Å². The predicted octanol–water partition coefficient (Wildman–Crippen LogP) is 2.01. The third-order valence-electron chi connectivity index (χ3n) is 1.72. The summed E-state index contributed by atoms with van der Waals surface area (Å²) in [6.07, 6.45) is 1.57. The molecule has 0 aliphatic carbocycles. The van der Waals surface area contributed by atoms with Gasteiger partial charge in [0.2, 0.25) is 0 Å². The van der Waals surface area contributed by atoms with Crippen molar-refractivity contribution < 1.29 is 9.53 Å². The minimum absolute atomic E-state index is 0.0186. The minimum Gasteiger partial charge on any atom is -0.461 e. The molecule has 1 atom stereocenters. The second-order valence-electron chi connectivity index (χ2n) is 2.95. The van der Waals surface area contributed by atoms with Crippen LogP contribution in [0.2, 0.25) is 0 Å². The maximum absolute atomic E-state index is 11.1. The summed E-state index contributed by atoms with van der Waals surface area (Å²) in [7, 11) is 0. The van der Waals surface area contributed by atoms with E-state index < -0.39 is 0 Å². The lowest BCUT2D eigenvalue weighted by molar-refractivity contribution is -0.148. The van der Waals surface area contributed by atoms with Gasteiger partial charge in [-0.3, -0.25) is 4.79 Å². The molecule has 0 unspecified atom stereocenters. The van der Waals surface area contributed by atoms with Gasteiger partial charge in [0.05, 0.1) is 5.92 Å². The van der Waals surface area contributed by atoms with Crippen LogP contribution in [0.15, 0.2) is 12.7 Å². The molecule has 0 fully saturated rings. The molecule has 2 nitrogen and oxygen atoms in total. The summed E-state index contributed by atoms with van der Waals surface area (Å²) < 4.78 is 4.86. The summed E-state index contributed by atoms with van der Waals surface area (Å²) >= 11 is 0. The highest BCUT2D eigenvalue weighted by Crippen LogP contribution is 2.10.